The predicted octanol–water partition coefficient (Wildman–Crippen LogP) is 4.23. The monoisotopic (exact) mass is 392 g/mol. The lowest BCUT2D eigenvalue weighted by molar-refractivity contribution is -0.141. The third-order valence-corrected chi connectivity index (χ3v) is 3.97. The van der Waals surface area contributed by atoms with E-state index in [2.05, 4.69) is 20.3 Å². The van der Waals surface area contributed by atoms with Gasteiger partial charge < -0.3 is 10.4 Å². The molecule has 146 valence electrons. The molecule has 28 heavy (non-hydrogen) atoms. The number of nitrogens with zero attached hydrogens (tertiary/aromatic N) is 3. The minimum absolute atomic E-state index is 0.114. The average Bonchev–Trinajstić information content (AvgIpc) is 2.68. The predicted molar refractivity (Wildman–Crippen MR) is 94.7 cm³/mol. The molecule has 0 fully saturated rings. The van der Waals surface area contributed by atoms with E-state index >= 15 is 0 Å². The minimum atomic E-state index is -4.68. The summed E-state index contributed by atoms with van der Waals surface area (Å²) in [6.45, 7) is 1.57. The van der Waals surface area contributed by atoms with E-state index in [1.807, 2.05) is 0 Å². The molecule has 2 atom stereocenters. The van der Waals surface area contributed by atoms with Crippen LogP contribution in [-0.2, 0) is 6.18 Å². The van der Waals surface area contributed by atoms with Crippen LogP contribution >= 0.6 is 0 Å². The van der Waals surface area contributed by atoms with Crippen molar-refractivity contribution in [2.24, 2.45) is 0 Å². The second kappa shape index (κ2) is 7.89. The van der Waals surface area contributed by atoms with Crippen LogP contribution in [0.5, 0.6) is 0 Å². The van der Waals surface area contributed by atoms with Crippen molar-refractivity contribution in [1.82, 2.24) is 15.0 Å². The van der Waals surface area contributed by atoms with Gasteiger partial charge in [0.05, 0.1) is 12.1 Å². The summed E-state index contributed by atoms with van der Waals surface area (Å²) in [5, 5.41) is 13.1. The summed E-state index contributed by atoms with van der Waals surface area (Å²) in [4.78, 5) is 11.6. The van der Waals surface area contributed by atoms with Crippen LogP contribution in [0.4, 0.5) is 23.4 Å². The zero-order valence-corrected chi connectivity index (χ0v) is 14.7. The van der Waals surface area contributed by atoms with Crippen LogP contribution in [0.1, 0.15) is 24.3 Å². The average molecular weight is 392 g/mol. The van der Waals surface area contributed by atoms with Crippen molar-refractivity contribution in [2.75, 3.05) is 5.32 Å². The van der Waals surface area contributed by atoms with Crippen LogP contribution in [0, 0.1) is 5.82 Å². The molecule has 0 amide bonds. The van der Waals surface area contributed by atoms with Gasteiger partial charge in [0.15, 0.2) is 11.5 Å². The lowest BCUT2D eigenvalue weighted by Gasteiger charge is -2.22. The number of aliphatic hydroxyl groups excluding tert-OH is 1. The molecule has 0 bridgehead atoms. The highest BCUT2D eigenvalue weighted by Gasteiger charge is 2.34. The van der Waals surface area contributed by atoms with Crippen molar-refractivity contribution in [3.63, 3.8) is 0 Å². The number of nitrogens with one attached hydrogen (secondary N) is 1. The Morgan fingerprint density at radius 2 is 1.75 bits per heavy atom. The summed E-state index contributed by atoms with van der Waals surface area (Å²) >= 11 is 0. The lowest BCUT2D eigenvalue weighted by atomic mass is 10.0. The number of halogens is 4. The molecular formula is C19H16F4N4O. The summed E-state index contributed by atoms with van der Waals surface area (Å²) < 4.78 is 52.8. The Morgan fingerprint density at radius 3 is 2.36 bits per heavy atom. The van der Waals surface area contributed by atoms with Gasteiger partial charge in [0, 0.05) is 12.3 Å². The second-order valence-corrected chi connectivity index (χ2v) is 6.10. The Morgan fingerprint density at radius 1 is 1.04 bits per heavy atom. The molecule has 2 unspecified atom stereocenters. The summed E-state index contributed by atoms with van der Waals surface area (Å²) in [6.07, 6.45) is -4.35. The van der Waals surface area contributed by atoms with Gasteiger partial charge in [-0.05, 0) is 36.8 Å². The topological polar surface area (TPSA) is 70.9 Å². The molecule has 0 spiro atoms. The van der Waals surface area contributed by atoms with E-state index in [0.717, 1.165) is 6.07 Å². The van der Waals surface area contributed by atoms with Gasteiger partial charge in [-0.2, -0.15) is 13.2 Å². The standard InChI is InChI=1S/C19H16F4N4O/c1-11(17(28)12-5-7-13(20)8-6-12)25-16-10-15(19(21,22)23)26-18(27-16)14-4-2-3-9-24-14/h2-11,17,28H,1H3,(H,25,26,27). The Balaban J connectivity index is 1.91. The highest BCUT2D eigenvalue weighted by atomic mass is 19.4. The Labute approximate surface area is 158 Å². The number of anilines is 1. The van der Waals surface area contributed by atoms with Gasteiger partial charge in [-0.25, -0.2) is 14.4 Å². The third kappa shape index (κ3) is 4.61. The van der Waals surface area contributed by atoms with Gasteiger partial charge in [-0.3, -0.25) is 4.98 Å². The molecule has 5 nitrogen and oxygen atoms in total. The van der Waals surface area contributed by atoms with E-state index in [0.29, 0.717) is 5.56 Å². The van der Waals surface area contributed by atoms with E-state index in [-0.39, 0.29) is 17.3 Å². The van der Waals surface area contributed by atoms with Crippen LogP contribution < -0.4 is 5.32 Å². The zero-order valence-electron chi connectivity index (χ0n) is 14.7. The SMILES string of the molecule is CC(Nc1cc(C(F)(F)F)nc(-c2ccccn2)n1)C(O)c1ccc(F)cc1. The van der Waals surface area contributed by atoms with Crippen molar-refractivity contribution in [1.29, 1.82) is 0 Å². The highest BCUT2D eigenvalue weighted by molar-refractivity contribution is 5.53. The van der Waals surface area contributed by atoms with Crippen LogP contribution in [0.25, 0.3) is 11.5 Å². The van der Waals surface area contributed by atoms with Gasteiger partial charge in [-0.1, -0.05) is 18.2 Å². The van der Waals surface area contributed by atoms with Gasteiger partial charge in [0.2, 0.25) is 0 Å². The van der Waals surface area contributed by atoms with Crippen LogP contribution in [0.15, 0.2) is 54.7 Å². The van der Waals surface area contributed by atoms with E-state index in [1.165, 1.54) is 36.5 Å². The molecule has 0 saturated carbocycles. The summed E-state index contributed by atoms with van der Waals surface area (Å²) in [5.74, 6) is -0.764. The number of alkyl halides is 3. The Hall–Kier alpha value is -3.07. The number of pyridine rings is 1. The Bertz CT molecular complexity index is 933. The van der Waals surface area contributed by atoms with Crippen molar-refractivity contribution in [3.05, 3.63) is 71.8 Å². The molecule has 2 aromatic heterocycles. The fourth-order valence-corrected chi connectivity index (χ4v) is 2.54. The van der Waals surface area contributed by atoms with Gasteiger partial charge in [-0.15, -0.1) is 0 Å². The molecule has 0 radical (unpaired) electrons. The molecule has 2 N–H and O–H groups in total. The second-order valence-electron chi connectivity index (χ2n) is 6.10. The first-order valence-corrected chi connectivity index (χ1v) is 8.32. The molecular weight excluding hydrogens is 376 g/mol. The highest BCUT2D eigenvalue weighted by Crippen LogP contribution is 2.31. The van der Waals surface area contributed by atoms with Gasteiger partial charge in [0.25, 0.3) is 0 Å². The molecule has 0 aliphatic heterocycles. The van der Waals surface area contributed by atoms with Crippen molar-refractivity contribution >= 4 is 5.82 Å². The van der Waals surface area contributed by atoms with Crippen molar-refractivity contribution in [2.45, 2.75) is 25.2 Å². The first-order chi connectivity index (χ1) is 13.2. The molecule has 0 aliphatic rings. The van der Waals surface area contributed by atoms with E-state index < -0.39 is 29.8 Å². The molecule has 3 rings (SSSR count). The Kier molecular flexibility index (Phi) is 5.55. The van der Waals surface area contributed by atoms with E-state index in [1.54, 1.807) is 19.1 Å². The number of rotatable bonds is 5. The number of aliphatic hydroxyl groups is 1. The van der Waals surface area contributed by atoms with Gasteiger partial charge >= 0.3 is 6.18 Å². The number of hydrogen-bond donors (Lipinski definition) is 2. The maximum Gasteiger partial charge on any atom is 0.433 e. The van der Waals surface area contributed by atoms with E-state index in [9.17, 15) is 22.7 Å². The van der Waals surface area contributed by atoms with Crippen molar-refractivity contribution < 1.29 is 22.7 Å². The summed E-state index contributed by atoms with van der Waals surface area (Å²) in [6, 6.07) is 9.97. The quantitative estimate of drug-likeness (QED) is 0.636. The number of benzene rings is 1. The molecule has 0 aliphatic carbocycles. The van der Waals surface area contributed by atoms with Crippen LogP contribution in [-0.4, -0.2) is 26.1 Å². The van der Waals surface area contributed by atoms with Crippen molar-refractivity contribution in [3.8, 4) is 11.5 Å². The van der Waals surface area contributed by atoms with Crippen LogP contribution in [0.2, 0.25) is 0 Å². The fraction of sp³-hybridized carbons (Fsp3) is 0.211. The number of hydrogen-bond acceptors (Lipinski definition) is 5. The smallest absolute Gasteiger partial charge is 0.386 e. The lowest BCUT2D eigenvalue weighted by Crippen LogP contribution is -2.25. The van der Waals surface area contributed by atoms with Gasteiger partial charge in [0.1, 0.15) is 17.3 Å². The summed E-state index contributed by atoms with van der Waals surface area (Å²) in [7, 11) is 0. The zero-order chi connectivity index (χ0) is 20.3. The first-order valence-electron chi connectivity index (χ1n) is 8.32. The maximum atomic E-state index is 13.2. The normalized spacial score (nSPS) is 13.8. The molecule has 2 heterocycles. The molecule has 0 saturated heterocycles. The fourth-order valence-electron chi connectivity index (χ4n) is 2.54. The summed E-state index contributed by atoms with van der Waals surface area (Å²) in [5.41, 5.74) is -0.533. The molecule has 1 aromatic carbocycles. The van der Waals surface area contributed by atoms with E-state index in [4.69, 9.17) is 0 Å². The molecule has 3 aromatic rings. The number of aromatic nitrogens is 3. The minimum Gasteiger partial charge on any atom is -0.386 e. The third-order valence-electron chi connectivity index (χ3n) is 3.97. The molecule has 9 heteroatoms. The first kappa shape index (κ1) is 19.7. The van der Waals surface area contributed by atoms with Crippen LogP contribution in [0.3, 0.4) is 0 Å². The largest absolute Gasteiger partial charge is 0.433 e. The maximum absolute atomic E-state index is 13.2.